The van der Waals surface area contributed by atoms with Crippen LogP contribution in [0.5, 0.6) is 23.0 Å². The number of phenolic OH excluding ortho intramolecular Hbond substituents is 1. The van der Waals surface area contributed by atoms with Crippen LogP contribution in [-0.2, 0) is 0 Å². The van der Waals surface area contributed by atoms with Crippen molar-refractivity contribution < 1.29 is 175 Å². The van der Waals surface area contributed by atoms with Gasteiger partial charge in [0, 0.05) is 0 Å². The first kappa shape index (κ1) is 73.6. The average Bonchev–Trinajstić information content (AvgIpc) is 0.768. The molecule has 0 spiro atoms. The fourth-order valence-electron chi connectivity index (χ4n) is 7.30. The summed E-state index contributed by atoms with van der Waals surface area (Å²) in [6, 6.07) is 0. The Bertz CT molecular complexity index is 3830. The Morgan fingerprint density at radius 3 is 0.398 bits per heavy atom. The maximum Gasteiger partial charge on any atom is 1.20 e. The van der Waals surface area contributed by atoms with Gasteiger partial charge in [-0.05, 0) is 0 Å². The summed E-state index contributed by atoms with van der Waals surface area (Å²) in [4.78, 5) is 0. The smallest absolute Gasteiger partial charge is 0.573 e. The summed E-state index contributed by atoms with van der Waals surface area (Å²) in [6.45, 7) is 0. The van der Waals surface area contributed by atoms with Gasteiger partial charge in [-0.2, -0.15) is 35.1 Å². The molecule has 0 saturated carbocycles. The molecule has 0 aliphatic carbocycles. The molecule has 0 aromatic heterocycles. The second kappa shape index (κ2) is 27.2. The standard InChI is InChI=1S/4C12HF9O.3CH3.2Al/c4*13-3-1(4(14)8(18)9(19)7(3)17)2-5(15)10(20)12(22)11(21)6(2)16;;;;;/h4*22H;3*1H3;;/q;;;;;;;;+3/p-3. The zero-order valence-electron chi connectivity index (χ0n) is 43.4. The number of hydrogen-bond acceptors (Lipinski definition) is 4. The lowest BCUT2D eigenvalue weighted by Gasteiger charge is -2.21. The van der Waals surface area contributed by atoms with E-state index in [1.807, 2.05) is 0 Å². The highest BCUT2D eigenvalue weighted by atomic mass is 27.3. The van der Waals surface area contributed by atoms with Crippen molar-refractivity contribution in [3.63, 3.8) is 0 Å². The summed E-state index contributed by atoms with van der Waals surface area (Å²) in [7, 11) is 0. The monoisotopic (exact) mass is 1420 g/mol. The van der Waals surface area contributed by atoms with E-state index in [1.165, 1.54) is 0 Å². The fraction of sp³-hybridized carbons (Fsp3) is 0.0588. The quantitative estimate of drug-likeness (QED) is 0.0642. The molecule has 0 saturated heterocycles. The maximum absolute atomic E-state index is 15.4. The van der Waals surface area contributed by atoms with Gasteiger partial charge in [0.2, 0.25) is 69.8 Å². The molecule has 8 aromatic carbocycles. The molecule has 0 aliphatic heterocycles. The van der Waals surface area contributed by atoms with E-state index in [1.54, 1.807) is 0 Å². The summed E-state index contributed by atoms with van der Waals surface area (Å²) < 4.78 is 526. The maximum atomic E-state index is 15.4. The van der Waals surface area contributed by atoms with E-state index in [-0.39, 0.29) is 14.1 Å². The van der Waals surface area contributed by atoms with E-state index in [4.69, 9.17) is 5.11 Å². The summed E-state index contributed by atoms with van der Waals surface area (Å²) in [6.07, 6.45) is 0. The first-order chi connectivity index (χ1) is 42.9. The molecule has 8 aromatic rings. The molecular formula is C51H10Al2F36O4. The van der Waals surface area contributed by atoms with E-state index in [2.05, 4.69) is 28.7 Å². The number of benzene rings is 8. The van der Waals surface area contributed by atoms with Crippen molar-refractivity contribution >= 4 is 29.3 Å². The molecule has 0 fully saturated rings. The zero-order valence-corrected chi connectivity index (χ0v) is 45.7. The van der Waals surface area contributed by atoms with Crippen LogP contribution in [0.4, 0.5) is 158 Å². The minimum Gasteiger partial charge on any atom is -0.573 e. The number of aromatic hydroxyl groups is 1. The van der Waals surface area contributed by atoms with Crippen molar-refractivity contribution in [1.82, 2.24) is 0 Å². The largest absolute Gasteiger partial charge is 1.20 e. The SMILES string of the molecule is Fc1c(F)c(F)c(-c2c(F)c(F)c([O][Al]([O]c3c(F)c(F)c(-c4c(F)c(F)c(F)c(F)c4F)c(F)c3F)[O]c3c(F)c(F)c(-c4c(F)c(F)c(F)c(F)c4F)c(F)c3F)c(F)c2F)c(F)c1F.Oc1c(F)c(F)c(-c2c(F)c(F)c(F)c(F)c2F)c(F)c1F.[CH3][Al]([CH3])[CH3]. The highest BCUT2D eigenvalue weighted by Crippen LogP contribution is 2.46. The van der Waals surface area contributed by atoms with Crippen LogP contribution in [0.15, 0.2) is 0 Å². The molecule has 496 valence electrons. The zero-order chi connectivity index (χ0) is 71.0. The van der Waals surface area contributed by atoms with Crippen molar-refractivity contribution in [1.29, 1.82) is 0 Å². The Balaban J connectivity index is 0.000000438. The van der Waals surface area contributed by atoms with Gasteiger partial charge >= 0.3 is 15.1 Å². The van der Waals surface area contributed by atoms with Crippen molar-refractivity contribution in [3.05, 3.63) is 209 Å². The van der Waals surface area contributed by atoms with E-state index >= 15 is 52.7 Å². The fourth-order valence-corrected chi connectivity index (χ4v) is 8.64. The lowest BCUT2D eigenvalue weighted by Crippen LogP contribution is -2.39. The molecule has 42 heteroatoms. The molecule has 0 amide bonds. The van der Waals surface area contributed by atoms with Gasteiger partial charge in [0.05, 0.1) is 44.5 Å². The van der Waals surface area contributed by atoms with Crippen molar-refractivity contribution in [3.8, 4) is 67.5 Å². The van der Waals surface area contributed by atoms with Gasteiger partial charge in [0.1, 0.15) is 0 Å². The Morgan fingerprint density at radius 1 is 0.172 bits per heavy atom. The Morgan fingerprint density at radius 2 is 0.269 bits per heavy atom. The van der Waals surface area contributed by atoms with Crippen LogP contribution in [-0.4, -0.2) is 34.4 Å². The lowest BCUT2D eigenvalue weighted by molar-refractivity contribution is 0.256. The van der Waals surface area contributed by atoms with E-state index in [9.17, 15) is 105 Å². The van der Waals surface area contributed by atoms with Gasteiger partial charge in [-0.1, -0.05) is 0 Å². The Hall–Kier alpha value is -8.50. The number of halogens is 36. The summed E-state index contributed by atoms with van der Waals surface area (Å²) >= 11 is -6.63. The van der Waals surface area contributed by atoms with Crippen LogP contribution in [0.2, 0.25) is 17.4 Å². The molecule has 0 unspecified atom stereocenters. The van der Waals surface area contributed by atoms with Crippen LogP contribution in [0, 0.1) is 209 Å². The third-order valence-electron chi connectivity index (χ3n) is 11.4. The van der Waals surface area contributed by atoms with Gasteiger partial charge in [0.25, 0.3) is 14.1 Å². The summed E-state index contributed by atoms with van der Waals surface area (Å²) in [5.41, 5.74) is -21.5. The average molecular weight is 1420 g/mol. The Kier molecular flexibility index (Phi) is 21.5. The molecule has 0 bridgehead atoms. The van der Waals surface area contributed by atoms with Crippen molar-refractivity contribution in [2.24, 2.45) is 0 Å². The van der Waals surface area contributed by atoms with Crippen molar-refractivity contribution in [2.45, 2.75) is 17.4 Å². The summed E-state index contributed by atoms with van der Waals surface area (Å²) in [5.74, 6) is -114. The van der Waals surface area contributed by atoms with Gasteiger partial charge in [-0.3, -0.25) is 0 Å². The third kappa shape index (κ3) is 12.4. The highest BCUT2D eigenvalue weighted by Gasteiger charge is 2.52. The topological polar surface area (TPSA) is 47.9 Å². The first-order valence-electron chi connectivity index (χ1n) is 23.1. The molecule has 0 aliphatic rings. The van der Waals surface area contributed by atoms with E-state index in [0.29, 0.717) is 0 Å². The van der Waals surface area contributed by atoms with Crippen LogP contribution in [0.25, 0.3) is 44.5 Å². The molecule has 4 nitrogen and oxygen atoms in total. The first-order valence-corrected chi connectivity index (χ1v) is 28.0. The van der Waals surface area contributed by atoms with Crippen molar-refractivity contribution in [2.75, 3.05) is 0 Å². The normalized spacial score (nSPS) is 11.2. The highest BCUT2D eigenvalue weighted by molar-refractivity contribution is 6.54. The van der Waals surface area contributed by atoms with Gasteiger partial charge in [-0.25, -0.2) is 123 Å². The molecular weight excluding hydrogens is 1410 g/mol. The Labute approximate surface area is 497 Å². The predicted molar refractivity (Wildman–Crippen MR) is 239 cm³/mol. The van der Waals surface area contributed by atoms with Gasteiger partial charge in [-0.15, -0.1) is 17.4 Å². The molecule has 1 N–H and O–H groups in total. The molecule has 0 heterocycles. The van der Waals surface area contributed by atoms with E-state index in [0.717, 1.165) is 0 Å². The summed E-state index contributed by atoms with van der Waals surface area (Å²) in [5, 5.41) is 8.71. The molecule has 0 radical (unpaired) electrons. The number of phenols is 1. The van der Waals surface area contributed by atoms with Crippen LogP contribution >= 0.6 is 0 Å². The second-order valence-electron chi connectivity index (χ2n) is 18.0. The van der Waals surface area contributed by atoms with Crippen LogP contribution in [0.1, 0.15) is 0 Å². The van der Waals surface area contributed by atoms with E-state index < -0.39 is 292 Å². The molecule has 93 heavy (non-hydrogen) atoms. The van der Waals surface area contributed by atoms with Crippen LogP contribution in [0.3, 0.4) is 0 Å². The molecule has 8 rings (SSSR count). The molecule has 0 atom stereocenters. The minimum absolute atomic E-state index is 0.139. The minimum atomic E-state index is -6.50. The third-order valence-corrected chi connectivity index (χ3v) is 12.7. The van der Waals surface area contributed by atoms with Gasteiger partial charge in [0.15, 0.2) is 163 Å². The number of hydrogen-bond donors (Lipinski definition) is 1. The van der Waals surface area contributed by atoms with Crippen LogP contribution < -0.4 is 11.4 Å². The number of rotatable bonds is 10. The van der Waals surface area contributed by atoms with Gasteiger partial charge < -0.3 is 16.5 Å². The lowest BCUT2D eigenvalue weighted by atomic mass is 10.0. The predicted octanol–water partition coefficient (Wildman–Crippen LogP) is 18.6. The second-order valence-corrected chi connectivity index (χ2v) is 22.8.